The van der Waals surface area contributed by atoms with Crippen molar-refractivity contribution in [3.05, 3.63) is 41.2 Å². The third-order valence-corrected chi connectivity index (χ3v) is 5.87. The van der Waals surface area contributed by atoms with Crippen LogP contribution in [0.25, 0.3) is 33.5 Å². The lowest BCUT2D eigenvalue weighted by Gasteiger charge is -2.11. The first-order valence-corrected chi connectivity index (χ1v) is 10.1. The SMILES string of the molecule is Cn1nc(-c2cnc3[nH]cc(C(=O)NC4CCC(C#N)C4)c3n2)c2ccc(Cl)cc21. The van der Waals surface area contributed by atoms with Crippen LogP contribution in [0, 0.1) is 17.2 Å². The molecule has 2 unspecified atom stereocenters. The Bertz CT molecular complexity index is 1330. The van der Waals surface area contributed by atoms with Crippen molar-refractivity contribution in [3.8, 4) is 17.5 Å². The van der Waals surface area contributed by atoms with E-state index >= 15 is 0 Å². The number of nitriles is 1. The highest BCUT2D eigenvalue weighted by Crippen LogP contribution is 2.30. The molecule has 4 aromatic rings. The molecule has 0 spiro atoms. The summed E-state index contributed by atoms with van der Waals surface area (Å²) in [4.78, 5) is 25.0. The molecule has 1 aliphatic rings. The van der Waals surface area contributed by atoms with Gasteiger partial charge in [0.15, 0.2) is 5.65 Å². The lowest BCUT2D eigenvalue weighted by atomic mass is 10.1. The minimum absolute atomic E-state index is 0.00715. The van der Waals surface area contributed by atoms with Gasteiger partial charge in [-0.1, -0.05) is 11.6 Å². The molecule has 8 nitrogen and oxygen atoms in total. The lowest BCUT2D eigenvalue weighted by Crippen LogP contribution is -2.32. The van der Waals surface area contributed by atoms with Crippen molar-refractivity contribution in [2.75, 3.05) is 0 Å². The van der Waals surface area contributed by atoms with Crippen LogP contribution >= 0.6 is 11.6 Å². The zero-order valence-electron chi connectivity index (χ0n) is 16.2. The van der Waals surface area contributed by atoms with Crippen LogP contribution in [0.5, 0.6) is 0 Å². The Morgan fingerprint density at radius 2 is 2.27 bits per heavy atom. The fourth-order valence-corrected chi connectivity index (χ4v) is 4.26. The minimum atomic E-state index is -0.214. The van der Waals surface area contributed by atoms with Crippen LogP contribution in [0.15, 0.2) is 30.6 Å². The number of H-pyrrole nitrogens is 1. The zero-order chi connectivity index (χ0) is 20.8. The van der Waals surface area contributed by atoms with Gasteiger partial charge < -0.3 is 10.3 Å². The van der Waals surface area contributed by atoms with Crippen molar-refractivity contribution in [1.82, 2.24) is 30.0 Å². The first-order valence-electron chi connectivity index (χ1n) is 9.70. The molecule has 0 aliphatic heterocycles. The summed E-state index contributed by atoms with van der Waals surface area (Å²) >= 11 is 6.12. The third-order valence-electron chi connectivity index (χ3n) is 5.63. The van der Waals surface area contributed by atoms with Crippen LogP contribution in [0.2, 0.25) is 5.02 Å². The molecule has 1 amide bonds. The molecular weight excluding hydrogens is 402 g/mol. The van der Waals surface area contributed by atoms with Gasteiger partial charge in [0.25, 0.3) is 5.91 Å². The van der Waals surface area contributed by atoms with Gasteiger partial charge in [-0.15, -0.1) is 0 Å². The standard InChI is InChI=1S/C21H18ClN7O/c1-29-17-7-12(22)3-5-14(17)18(28-29)16-10-25-20-19(27-16)15(9-24-20)21(30)26-13-4-2-11(6-13)8-23/h3,5,7,9-11,13H,2,4,6H2,1H3,(H,24,25)(H,26,30). The highest BCUT2D eigenvalue weighted by molar-refractivity contribution is 6.31. The number of hydrogen-bond acceptors (Lipinski definition) is 5. The summed E-state index contributed by atoms with van der Waals surface area (Å²) in [6.45, 7) is 0. The number of nitrogens with one attached hydrogen (secondary N) is 2. The van der Waals surface area contributed by atoms with E-state index < -0.39 is 0 Å². The van der Waals surface area contributed by atoms with E-state index in [1.165, 1.54) is 0 Å². The average Bonchev–Trinajstić information content (AvgIpc) is 3.45. The van der Waals surface area contributed by atoms with Crippen molar-refractivity contribution in [1.29, 1.82) is 5.26 Å². The molecular formula is C21H18ClN7O. The van der Waals surface area contributed by atoms with Crippen LogP contribution in [0.4, 0.5) is 0 Å². The minimum Gasteiger partial charge on any atom is -0.349 e. The Labute approximate surface area is 176 Å². The molecule has 2 N–H and O–H groups in total. The number of benzene rings is 1. The largest absolute Gasteiger partial charge is 0.349 e. The Hall–Kier alpha value is -3.44. The lowest BCUT2D eigenvalue weighted by molar-refractivity contribution is 0.0939. The van der Waals surface area contributed by atoms with Crippen molar-refractivity contribution in [3.63, 3.8) is 0 Å². The second kappa shape index (κ2) is 7.11. The van der Waals surface area contributed by atoms with Gasteiger partial charge in [-0.2, -0.15) is 10.4 Å². The summed E-state index contributed by atoms with van der Waals surface area (Å²) in [6, 6.07) is 7.86. The molecule has 9 heteroatoms. The van der Waals surface area contributed by atoms with Crippen molar-refractivity contribution >= 4 is 39.6 Å². The Kier molecular flexibility index (Phi) is 4.40. The van der Waals surface area contributed by atoms with Crippen molar-refractivity contribution in [2.45, 2.75) is 25.3 Å². The quantitative estimate of drug-likeness (QED) is 0.527. The van der Waals surface area contributed by atoms with E-state index in [4.69, 9.17) is 21.8 Å². The summed E-state index contributed by atoms with van der Waals surface area (Å²) in [7, 11) is 1.85. The van der Waals surface area contributed by atoms with Gasteiger partial charge in [0.1, 0.15) is 16.9 Å². The Balaban J connectivity index is 1.51. The van der Waals surface area contributed by atoms with Gasteiger partial charge in [-0.3, -0.25) is 9.48 Å². The molecule has 30 heavy (non-hydrogen) atoms. The average molecular weight is 420 g/mol. The maximum Gasteiger partial charge on any atom is 0.255 e. The van der Waals surface area contributed by atoms with Crippen molar-refractivity contribution in [2.24, 2.45) is 13.0 Å². The van der Waals surface area contributed by atoms with E-state index in [1.54, 1.807) is 17.1 Å². The number of amides is 1. The number of carbonyl (C=O) groups excluding carboxylic acids is 1. The first-order chi connectivity index (χ1) is 14.5. The van der Waals surface area contributed by atoms with E-state index in [-0.39, 0.29) is 17.9 Å². The van der Waals surface area contributed by atoms with E-state index in [9.17, 15) is 4.79 Å². The summed E-state index contributed by atoms with van der Waals surface area (Å²) in [5.41, 5.74) is 3.61. The number of halogens is 1. The predicted molar refractivity (Wildman–Crippen MR) is 113 cm³/mol. The number of aromatic nitrogens is 5. The van der Waals surface area contributed by atoms with Gasteiger partial charge in [0.2, 0.25) is 0 Å². The number of rotatable bonds is 3. The molecule has 1 aromatic carbocycles. The number of carbonyl (C=O) groups is 1. The molecule has 0 radical (unpaired) electrons. The van der Waals surface area contributed by atoms with Crippen LogP contribution < -0.4 is 5.32 Å². The highest BCUT2D eigenvalue weighted by atomic mass is 35.5. The summed E-state index contributed by atoms with van der Waals surface area (Å²) < 4.78 is 1.75. The molecule has 150 valence electrons. The second-order valence-corrected chi connectivity index (χ2v) is 8.03. The summed E-state index contributed by atoms with van der Waals surface area (Å²) in [5.74, 6) is -0.204. The molecule has 3 aromatic heterocycles. The first kappa shape index (κ1) is 18.6. The summed E-state index contributed by atoms with van der Waals surface area (Å²) in [5, 5.41) is 18.2. The molecule has 0 bridgehead atoms. The molecule has 1 fully saturated rings. The van der Waals surface area contributed by atoms with Gasteiger partial charge in [-0.25, -0.2) is 9.97 Å². The molecule has 1 saturated carbocycles. The monoisotopic (exact) mass is 419 g/mol. The van der Waals surface area contributed by atoms with Gasteiger partial charge in [0, 0.05) is 35.6 Å². The third kappa shape index (κ3) is 3.08. The second-order valence-electron chi connectivity index (χ2n) is 7.60. The normalized spacial score (nSPS) is 18.7. The number of aromatic amines is 1. The Morgan fingerprint density at radius 1 is 1.40 bits per heavy atom. The fraction of sp³-hybridized carbons (Fsp3) is 0.286. The maximum absolute atomic E-state index is 12.9. The van der Waals surface area contributed by atoms with E-state index in [0.29, 0.717) is 39.6 Å². The molecule has 3 heterocycles. The molecule has 2 atom stereocenters. The molecule has 0 saturated heterocycles. The van der Waals surface area contributed by atoms with Gasteiger partial charge in [0.05, 0.1) is 23.3 Å². The topological polar surface area (TPSA) is 112 Å². The number of hydrogen-bond donors (Lipinski definition) is 2. The van der Waals surface area contributed by atoms with E-state index in [0.717, 1.165) is 23.7 Å². The van der Waals surface area contributed by atoms with E-state index in [2.05, 4.69) is 26.5 Å². The maximum atomic E-state index is 12.9. The fourth-order valence-electron chi connectivity index (χ4n) is 4.09. The number of aryl methyl sites for hydroxylation is 1. The number of nitrogens with zero attached hydrogens (tertiary/aromatic N) is 5. The van der Waals surface area contributed by atoms with Crippen LogP contribution in [-0.4, -0.2) is 36.7 Å². The van der Waals surface area contributed by atoms with Crippen molar-refractivity contribution < 1.29 is 4.79 Å². The summed E-state index contributed by atoms with van der Waals surface area (Å²) in [6.07, 6.45) is 5.58. The van der Waals surface area contributed by atoms with Crippen LogP contribution in [-0.2, 0) is 7.05 Å². The smallest absolute Gasteiger partial charge is 0.255 e. The highest BCUT2D eigenvalue weighted by Gasteiger charge is 2.27. The Morgan fingerprint density at radius 3 is 3.07 bits per heavy atom. The zero-order valence-corrected chi connectivity index (χ0v) is 16.9. The van der Waals surface area contributed by atoms with E-state index in [1.807, 2.05) is 25.2 Å². The number of fused-ring (bicyclic) bond motifs is 2. The van der Waals surface area contributed by atoms with Gasteiger partial charge >= 0.3 is 0 Å². The molecule has 1 aliphatic carbocycles. The van der Waals surface area contributed by atoms with Gasteiger partial charge in [-0.05, 0) is 37.5 Å². The van der Waals surface area contributed by atoms with Crippen LogP contribution in [0.3, 0.4) is 0 Å². The van der Waals surface area contributed by atoms with Crippen LogP contribution in [0.1, 0.15) is 29.6 Å². The molecule has 5 rings (SSSR count). The predicted octanol–water partition coefficient (Wildman–Crippen LogP) is 3.59.